The summed E-state index contributed by atoms with van der Waals surface area (Å²) in [6.07, 6.45) is 0.412. The number of amides is 2. The minimum Gasteiger partial charge on any atom is -0.356 e. The molecule has 108 valence electrons. The van der Waals surface area contributed by atoms with Crippen LogP contribution in [0.3, 0.4) is 0 Å². The molecular weight excluding hydrogens is 259 g/mol. The number of benzene rings is 1. The summed E-state index contributed by atoms with van der Waals surface area (Å²) in [4.78, 5) is 25.1. The molecule has 20 heavy (non-hydrogen) atoms. The Morgan fingerprint density at radius 1 is 1.40 bits per heavy atom. The Bertz CT molecular complexity index is 499. The second kappa shape index (κ2) is 6.03. The van der Waals surface area contributed by atoms with Crippen LogP contribution in [0.2, 0.25) is 0 Å². The number of nitrogens with one attached hydrogen (secondary N) is 1. The SMILES string of the molecule is CC(C)C(=O)NCC1CC(=O)N(c2ccc(F)cc2)C1. The Kier molecular flexibility index (Phi) is 4.37. The van der Waals surface area contributed by atoms with Crippen LogP contribution < -0.4 is 10.2 Å². The van der Waals surface area contributed by atoms with Crippen molar-refractivity contribution in [2.75, 3.05) is 18.0 Å². The summed E-state index contributed by atoms with van der Waals surface area (Å²) in [5, 5.41) is 2.85. The summed E-state index contributed by atoms with van der Waals surface area (Å²) in [5.74, 6) is -0.255. The highest BCUT2D eigenvalue weighted by Gasteiger charge is 2.30. The minimum atomic E-state index is -0.318. The van der Waals surface area contributed by atoms with Crippen molar-refractivity contribution in [3.8, 4) is 0 Å². The van der Waals surface area contributed by atoms with E-state index >= 15 is 0 Å². The van der Waals surface area contributed by atoms with Gasteiger partial charge in [0, 0.05) is 37.0 Å². The monoisotopic (exact) mass is 278 g/mol. The fourth-order valence-electron chi connectivity index (χ4n) is 2.24. The number of carbonyl (C=O) groups is 2. The van der Waals surface area contributed by atoms with Crippen LogP contribution in [0.15, 0.2) is 24.3 Å². The van der Waals surface area contributed by atoms with Crippen molar-refractivity contribution in [2.24, 2.45) is 11.8 Å². The summed E-state index contributed by atoms with van der Waals surface area (Å²) in [5.41, 5.74) is 0.703. The van der Waals surface area contributed by atoms with Gasteiger partial charge in [-0.15, -0.1) is 0 Å². The Morgan fingerprint density at radius 2 is 2.05 bits per heavy atom. The van der Waals surface area contributed by atoms with Crippen molar-refractivity contribution in [1.82, 2.24) is 5.32 Å². The maximum atomic E-state index is 12.9. The van der Waals surface area contributed by atoms with E-state index in [9.17, 15) is 14.0 Å². The summed E-state index contributed by atoms with van der Waals surface area (Å²) >= 11 is 0. The van der Waals surface area contributed by atoms with Crippen molar-refractivity contribution in [1.29, 1.82) is 0 Å². The number of anilines is 1. The van der Waals surface area contributed by atoms with Gasteiger partial charge in [0.1, 0.15) is 5.82 Å². The van der Waals surface area contributed by atoms with Crippen molar-refractivity contribution in [3.63, 3.8) is 0 Å². The third-order valence-electron chi connectivity index (χ3n) is 3.43. The third kappa shape index (κ3) is 3.35. The molecule has 4 nitrogen and oxygen atoms in total. The molecule has 2 rings (SSSR count). The molecule has 0 saturated carbocycles. The number of hydrogen-bond acceptors (Lipinski definition) is 2. The number of carbonyl (C=O) groups excluding carboxylic acids is 2. The highest BCUT2D eigenvalue weighted by molar-refractivity contribution is 5.95. The first-order valence-electron chi connectivity index (χ1n) is 6.81. The lowest BCUT2D eigenvalue weighted by atomic mass is 10.1. The Balaban J connectivity index is 1.94. The number of nitrogens with zero attached hydrogens (tertiary/aromatic N) is 1. The Labute approximate surface area is 118 Å². The maximum absolute atomic E-state index is 12.9. The molecule has 0 bridgehead atoms. The highest BCUT2D eigenvalue weighted by Crippen LogP contribution is 2.24. The van der Waals surface area contributed by atoms with Gasteiger partial charge in [-0.25, -0.2) is 4.39 Å². The molecule has 1 fully saturated rings. The zero-order chi connectivity index (χ0) is 14.7. The zero-order valence-corrected chi connectivity index (χ0v) is 11.7. The predicted octanol–water partition coefficient (Wildman–Crippen LogP) is 1.95. The van der Waals surface area contributed by atoms with Crippen LogP contribution in [-0.4, -0.2) is 24.9 Å². The smallest absolute Gasteiger partial charge is 0.227 e. The first-order valence-corrected chi connectivity index (χ1v) is 6.81. The first kappa shape index (κ1) is 14.5. The lowest BCUT2D eigenvalue weighted by Gasteiger charge is -2.17. The van der Waals surface area contributed by atoms with E-state index in [1.807, 2.05) is 13.8 Å². The number of halogens is 1. The van der Waals surface area contributed by atoms with Gasteiger partial charge in [-0.1, -0.05) is 13.8 Å². The summed E-state index contributed by atoms with van der Waals surface area (Å²) in [6, 6.07) is 5.89. The van der Waals surface area contributed by atoms with Crippen LogP contribution in [0, 0.1) is 17.7 Å². The average molecular weight is 278 g/mol. The molecular formula is C15H19FN2O2. The predicted molar refractivity (Wildman–Crippen MR) is 74.7 cm³/mol. The molecule has 1 atom stereocenters. The molecule has 0 aromatic heterocycles. The highest BCUT2D eigenvalue weighted by atomic mass is 19.1. The second-order valence-electron chi connectivity index (χ2n) is 5.45. The molecule has 5 heteroatoms. The Hall–Kier alpha value is -1.91. The fraction of sp³-hybridized carbons (Fsp3) is 0.467. The van der Waals surface area contributed by atoms with Crippen LogP contribution in [-0.2, 0) is 9.59 Å². The van der Waals surface area contributed by atoms with E-state index in [0.717, 1.165) is 0 Å². The first-order chi connectivity index (χ1) is 9.47. The number of rotatable bonds is 4. The van der Waals surface area contributed by atoms with Gasteiger partial charge in [-0.05, 0) is 24.3 Å². The Morgan fingerprint density at radius 3 is 2.65 bits per heavy atom. The second-order valence-corrected chi connectivity index (χ2v) is 5.45. The van der Waals surface area contributed by atoms with Crippen LogP contribution in [0.1, 0.15) is 20.3 Å². The third-order valence-corrected chi connectivity index (χ3v) is 3.43. The van der Waals surface area contributed by atoms with Crippen molar-refractivity contribution < 1.29 is 14.0 Å². The normalized spacial score (nSPS) is 18.7. The molecule has 0 spiro atoms. The van der Waals surface area contributed by atoms with E-state index in [4.69, 9.17) is 0 Å². The molecule has 1 aromatic carbocycles. The van der Waals surface area contributed by atoms with E-state index in [1.54, 1.807) is 17.0 Å². The standard InChI is InChI=1S/C15H19FN2O2/c1-10(2)15(20)17-8-11-7-14(19)18(9-11)13-5-3-12(16)4-6-13/h3-6,10-11H,7-9H2,1-2H3,(H,17,20). The number of hydrogen-bond donors (Lipinski definition) is 1. The molecule has 1 heterocycles. The van der Waals surface area contributed by atoms with Crippen LogP contribution in [0.5, 0.6) is 0 Å². The van der Waals surface area contributed by atoms with E-state index in [0.29, 0.717) is 25.2 Å². The molecule has 1 aliphatic rings. The topological polar surface area (TPSA) is 49.4 Å². The zero-order valence-electron chi connectivity index (χ0n) is 11.7. The van der Waals surface area contributed by atoms with Gasteiger partial charge in [0.25, 0.3) is 0 Å². The molecule has 1 aromatic rings. The van der Waals surface area contributed by atoms with E-state index in [-0.39, 0.29) is 29.5 Å². The molecule has 1 N–H and O–H groups in total. The molecule has 1 unspecified atom stereocenters. The van der Waals surface area contributed by atoms with Crippen molar-refractivity contribution >= 4 is 17.5 Å². The average Bonchev–Trinajstić information content (AvgIpc) is 2.78. The van der Waals surface area contributed by atoms with Gasteiger partial charge >= 0.3 is 0 Å². The molecule has 1 aliphatic heterocycles. The van der Waals surface area contributed by atoms with E-state index in [1.165, 1.54) is 12.1 Å². The minimum absolute atomic E-state index is 0.00215. The van der Waals surface area contributed by atoms with Gasteiger partial charge in [0.2, 0.25) is 11.8 Å². The van der Waals surface area contributed by atoms with Crippen molar-refractivity contribution in [3.05, 3.63) is 30.1 Å². The van der Waals surface area contributed by atoms with Gasteiger partial charge in [-0.3, -0.25) is 9.59 Å². The van der Waals surface area contributed by atoms with E-state index < -0.39 is 0 Å². The van der Waals surface area contributed by atoms with Gasteiger partial charge in [0.05, 0.1) is 0 Å². The summed E-state index contributed by atoms with van der Waals surface area (Å²) < 4.78 is 12.9. The van der Waals surface area contributed by atoms with Gasteiger partial charge < -0.3 is 10.2 Å². The van der Waals surface area contributed by atoms with Crippen LogP contribution in [0.25, 0.3) is 0 Å². The maximum Gasteiger partial charge on any atom is 0.227 e. The molecule has 0 radical (unpaired) electrons. The van der Waals surface area contributed by atoms with Crippen LogP contribution in [0.4, 0.5) is 10.1 Å². The largest absolute Gasteiger partial charge is 0.356 e. The quantitative estimate of drug-likeness (QED) is 0.915. The van der Waals surface area contributed by atoms with Crippen molar-refractivity contribution in [2.45, 2.75) is 20.3 Å². The van der Waals surface area contributed by atoms with Crippen LogP contribution >= 0.6 is 0 Å². The summed E-state index contributed by atoms with van der Waals surface area (Å²) in [7, 11) is 0. The molecule has 2 amide bonds. The summed E-state index contributed by atoms with van der Waals surface area (Å²) in [6.45, 7) is 4.73. The fourth-order valence-corrected chi connectivity index (χ4v) is 2.24. The lowest BCUT2D eigenvalue weighted by molar-refractivity contribution is -0.124. The molecule has 0 aliphatic carbocycles. The van der Waals surface area contributed by atoms with Gasteiger partial charge in [0.15, 0.2) is 0 Å². The van der Waals surface area contributed by atoms with Gasteiger partial charge in [-0.2, -0.15) is 0 Å². The molecule has 1 saturated heterocycles. The van der Waals surface area contributed by atoms with E-state index in [2.05, 4.69) is 5.32 Å². The lowest BCUT2D eigenvalue weighted by Crippen LogP contribution is -2.33.